The van der Waals surface area contributed by atoms with E-state index in [1.165, 1.54) is 12.1 Å². The summed E-state index contributed by atoms with van der Waals surface area (Å²) in [7, 11) is 0. The van der Waals surface area contributed by atoms with Crippen molar-refractivity contribution < 1.29 is 19.2 Å². The number of hydrogen-bond acceptors (Lipinski definition) is 5. The van der Waals surface area contributed by atoms with E-state index in [1.54, 1.807) is 36.4 Å². The number of carbonyl (C=O) groups is 3. The first-order chi connectivity index (χ1) is 13.4. The van der Waals surface area contributed by atoms with Crippen LogP contribution in [0.1, 0.15) is 48.0 Å². The first-order valence-corrected chi connectivity index (χ1v) is 8.74. The third-order valence-corrected chi connectivity index (χ3v) is 4.56. The van der Waals surface area contributed by atoms with Crippen molar-refractivity contribution in [2.24, 2.45) is 0 Å². The Morgan fingerprint density at radius 3 is 2.11 bits per heavy atom. The lowest BCUT2D eigenvalue weighted by molar-refractivity contribution is -0.0584. The predicted molar refractivity (Wildman–Crippen MR) is 99.6 cm³/mol. The van der Waals surface area contributed by atoms with E-state index >= 15 is 0 Å². The summed E-state index contributed by atoms with van der Waals surface area (Å²) in [6.07, 6.45) is 0. The summed E-state index contributed by atoms with van der Waals surface area (Å²) < 4.78 is 1.88. The Morgan fingerprint density at radius 1 is 0.964 bits per heavy atom. The van der Waals surface area contributed by atoms with Gasteiger partial charge in [-0.1, -0.05) is 29.3 Å². The van der Waals surface area contributed by atoms with Gasteiger partial charge in [-0.15, -0.1) is 0 Å². The van der Waals surface area contributed by atoms with Crippen molar-refractivity contribution in [1.29, 1.82) is 0 Å². The Hall–Kier alpha value is -3.74. The maximum Gasteiger partial charge on any atom is 0.363 e. The molecule has 0 atom stereocenters. The second kappa shape index (κ2) is 6.77. The van der Waals surface area contributed by atoms with Crippen LogP contribution >= 0.6 is 0 Å². The average molecular weight is 375 g/mol. The van der Waals surface area contributed by atoms with E-state index in [1.807, 2.05) is 24.6 Å². The molecule has 0 aliphatic carbocycles. The van der Waals surface area contributed by atoms with Crippen LogP contribution in [0.15, 0.2) is 54.6 Å². The minimum Gasteiger partial charge on any atom is -0.324 e. The number of carbonyl (C=O) groups excluding carboxylic acids is 3. The molecule has 0 unspecified atom stereocenters. The lowest BCUT2D eigenvalue weighted by Gasteiger charge is -2.13. The second-order valence-electron chi connectivity index (χ2n) is 6.61. The Balaban J connectivity index is 1.47. The molecular formula is C21H17N3O4. The van der Waals surface area contributed by atoms with Crippen molar-refractivity contribution in [2.75, 3.05) is 0 Å². The van der Waals surface area contributed by atoms with Crippen molar-refractivity contribution >= 4 is 17.8 Å². The lowest BCUT2D eigenvalue weighted by atomic mass is 10.1. The predicted octanol–water partition coefficient (Wildman–Crippen LogP) is 2.92. The summed E-state index contributed by atoms with van der Waals surface area (Å²) in [6, 6.07) is 15.1. The molecule has 7 heteroatoms. The molecule has 0 saturated carbocycles. The van der Waals surface area contributed by atoms with Gasteiger partial charge in [-0.05, 0) is 49.7 Å². The van der Waals surface area contributed by atoms with Crippen molar-refractivity contribution in [3.63, 3.8) is 0 Å². The minimum absolute atomic E-state index is 0.223. The summed E-state index contributed by atoms with van der Waals surface area (Å²) >= 11 is 0. The fraction of sp³-hybridized carbons (Fsp3) is 0.143. The average Bonchev–Trinajstić information content (AvgIpc) is 3.13. The zero-order valence-corrected chi connectivity index (χ0v) is 15.4. The largest absolute Gasteiger partial charge is 0.363 e. The molecule has 28 heavy (non-hydrogen) atoms. The first kappa shape index (κ1) is 17.7. The maximum absolute atomic E-state index is 12.4. The fourth-order valence-electron chi connectivity index (χ4n) is 3.14. The van der Waals surface area contributed by atoms with Gasteiger partial charge in [0.2, 0.25) is 0 Å². The van der Waals surface area contributed by atoms with Gasteiger partial charge in [0.1, 0.15) is 0 Å². The third-order valence-electron chi connectivity index (χ3n) is 4.56. The van der Waals surface area contributed by atoms with E-state index in [2.05, 4.69) is 5.10 Å². The molecule has 1 aromatic heterocycles. The monoisotopic (exact) mass is 375 g/mol. The van der Waals surface area contributed by atoms with E-state index < -0.39 is 17.8 Å². The standard InChI is InChI=1S/C21H17N3O4/c1-13-11-14(2)23(22-13)12-15-7-9-16(10-8-15)21(27)28-24-19(25)17-5-3-4-6-18(17)20(24)26/h3-11H,12H2,1-2H3. The molecule has 0 spiro atoms. The number of nitrogens with zero attached hydrogens (tertiary/aromatic N) is 3. The zero-order chi connectivity index (χ0) is 19.8. The summed E-state index contributed by atoms with van der Waals surface area (Å²) in [4.78, 5) is 42.0. The molecule has 0 fully saturated rings. The molecule has 4 rings (SSSR count). The van der Waals surface area contributed by atoms with Gasteiger partial charge in [0.05, 0.1) is 28.9 Å². The molecule has 1 aliphatic heterocycles. The van der Waals surface area contributed by atoms with Gasteiger partial charge < -0.3 is 4.84 Å². The lowest BCUT2D eigenvalue weighted by Crippen LogP contribution is -2.32. The number of aromatic nitrogens is 2. The van der Waals surface area contributed by atoms with Crippen LogP contribution in [0.3, 0.4) is 0 Å². The van der Waals surface area contributed by atoms with Gasteiger partial charge in [-0.3, -0.25) is 14.3 Å². The number of aryl methyl sites for hydroxylation is 2. The SMILES string of the molecule is Cc1cc(C)n(Cc2ccc(C(=O)ON3C(=O)c4ccccc4C3=O)cc2)n1. The van der Waals surface area contributed by atoms with Crippen LogP contribution in [-0.4, -0.2) is 32.6 Å². The molecule has 0 saturated heterocycles. The molecule has 0 bridgehead atoms. The molecule has 2 amide bonds. The minimum atomic E-state index is -0.771. The van der Waals surface area contributed by atoms with Crippen molar-refractivity contribution in [1.82, 2.24) is 14.8 Å². The van der Waals surface area contributed by atoms with Crippen LogP contribution < -0.4 is 0 Å². The Bertz CT molecular complexity index is 1060. The molecule has 3 aromatic rings. The van der Waals surface area contributed by atoms with Crippen LogP contribution in [0, 0.1) is 13.8 Å². The van der Waals surface area contributed by atoms with Crippen molar-refractivity contribution in [3.8, 4) is 0 Å². The van der Waals surface area contributed by atoms with Crippen LogP contribution in [0.5, 0.6) is 0 Å². The van der Waals surface area contributed by atoms with E-state index in [0.717, 1.165) is 17.0 Å². The quantitative estimate of drug-likeness (QED) is 0.655. The summed E-state index contributed by atoms with van der Waals surface area (Å²) in [5, 5.41) is 4.92. The summed E-state index contributed by atoms with van der Waals surface area (Å²) in [5.41, 5.74) is 3.64. The molecule has 0 N–H and O–H groups in total. The number of imide groups is 1. The Morgan fingerprint density at radius 2 is 1.57 bits per heavy atom. The molecule has 2 aromatic carbocycles. The number of hydroxylamine groups is 2. The van der Waals surface area contributed by atoms with Gasteiger partial charge in [-0.2, -0.15) is 5.10 Å². The van der Waals surface area contributed by atoms with E-state index in [0.29, 0.717) is 11.6 Å². The Labute approximate surface area is 161 Å². The number of amides is 2. The van der Waals surface area contributed by atoms with E-state index in [4.69, 9.17) is 4.84 Å². The normalized spacial score (nSPS) is 13.0. The Kier molecular flexibility index (Phi) is 4.27. The highest BCUT2D eigenvalue weighted by molar-refractivity contribution is 6.21. The zero-order valence-electron chi connectivity index (χ0n) is 15.4. The van der Waals surface area contributed by atoms with E-state index in [-0.39, 0.29) is 16.7 Å². The van der Waals surface area contributed by atoms with Crippen LogP contribution in [0.4, 0.5) is 0 Å². The van der Waals surface area contributed by atoms with Crippen LogP contribution in [-0.2, 0) is 11.4 Å². The highest BCUT2D eigenvalue weighted by atomic mass is 16.7. The molecule has 2 heterocycles. The second-order valence-corrected chi connectivity index (χ2v) is 6.61. The van der Waals surface area contributed by atoms with Crippen LogP contribution in [0.25, 0.3) is 0 Å². The number of rotatable bonds is 4. The highest BCUT2D eigenvalue weighted by Gasteiger charge is 2.38. The third kappa shape index (κ3) is 3.07. The maximum atomic E-state index is 12.4. The summed E-state index contributed by atoms with van der Waals surface area (Å²) in [6.45, 7) is 4.49. The molecule has 0 radical (unpaired) electrons. The number of benzene rings is 2. The van der Waals surface area contributed by atoms with E-state index in [9.17, 15) is 14.4 Å². The van der Waals surface area contributed by atoms with Crippen molar-refractivity contribution in [3.05, 3.63) is 88.2 Å². The fourth-order valence-corrected chi connectivity index (χ4v) is 3.14. The van der Waals surface area contributed by atoms with Gasteiger partial charge in [-0.25, -0.2) is 4.79 Å². The van der Waals surface area contributed by atoms with Crippen molar-refractivity contribution in [2.45, 2.75) is 20.4 Å². The first-order valence-electron chi connectivity index (χ1n) is 8.74. The highest BCUT2D eigenvalue weighted by Crippen LogP contribution is 2.23. The molecule has 1 aliphatic rings. The molecular weight excluding hydrogens is 358 g/mol. The van der Waals surface area contributed by atoms with Gasteiger partial charge >= 0.3 is 5.97 Å². The topological polar surface area (TPSA) is 81.5 Å². The molecule has 140 valence electrons. The van der Waals surface area contributed by atoms with Gasteiger partial charge in [0.25, 0.3) is 11.8 Å². The molecule has 7 nitrogen and oxygen atoms in total. The smallest absolute Gasteiger partial charge is 0.324 e. The number of hydrogen-bond donors (Lipinski definition) is 0. The van der Waals surface area contributed by atoms with Crippen LogP contribution in [0.2, 0.25) is 0 Å². The summed E-state index contributed by atoms with van der Waals surface area (Å²) in [5.74, 6) is -2.06. The van der Waals surface area contributed by atoms with Gasteiger partial charge in [0, 0.05) is 5.69 Å². The number of fused-ring (bicyclic) bond motifs is 1. The van der Waals surface area contributed by atoms with Gasteiger partial charge in [0.15, 0.2) is 0 Å².